The Hall–Kier alpha value is -3.41. The van der Waals surface area contributed by atoms with Crippen LogP contribution in [0.1, 0.15) is 18.9 Å². The number of H-pyrrole nitrogens is 1. The number of carbonyl (C=O) groups is 1. The van der Waals surface area contributed by atoms with Gasteiger partial charge >= 0.3 is 0 Å². The number of hydrogen-bond acceptors (Lipinski definition) is 3. The van der Waals surface area contributed by atoms with Crippen molar-refractivity contribution in [1.82, 2.24) is 20.1 Å². The predicted octanol–water partition coefficient (Wildman–Crippen LogP) is 3.02. The number of aromatic amines is 1. The fourth-order valence-corrected chi connectivity index (χ4v) is 3.64. The smallest absolute Gasteiger partial charge is 0.288 e. The van der Waals surface area contributed by atoms with E-state index in [1.807, 2.05) is 49.4 Å². The molecule has 0 saturated heterocycles. The van der Waals surface area contributed by atoms with Crippen LogP contribution in [0, 0.1) is 0 Å². The number of hydrogen-bond donors (Lipinski definition) is 2. The van der Waals surface area contributed by atoms with Gasteiger partial charge in [-0.2, -0.15) is 5.10 Å². The topological polar surface area (TPSA) is 79.8 Å². The maximum Gasteiger partial charge on any atom is 0.288 e. The first-order valence-electron chi connectivity index (χ1n) is 9.41. The van der Waals surface area contributed by atoms with Crippen molar-refractivity contribution < 1.29 is 4.79 Å². The zero-order chi connectivity index (χ0) is 19.5. The van der Waals surface area contributed by atoms with E-state index < -0.39 is 0 Å². The van der Waals surface area contributed by atoms with Gasteiger partial charge < -0.3 is 9.88 Å². The number of aromatic nitrogens is 3. The van der Waals surface area contributed by atoms with Crippen LogP contribution in [-0.2, 0) is 17.8 Å². The van der Waals surface area contributed by atoms with Crippen LogP contribution in [0.25, 0.3) is 21.8 Å². The van der Waals surface area contributed by atoms with Gasteiger partial charge in [0.2, 0.25) is 5.91 Å². The monoisotopic (exact) mass is 374 g/mol. The average molecular weight is 374 g/mol. The molecular weight excluding hydrogens is 352 g/mol. The van der Waals surface area contributed by atoms with Gasteiger partial charge in [-0.05, 0) is 31.4 Å². The minimum atomic E-state index is -0.293. The van der Waals surface area contributed by atoms with E-state index in [0.29, 0.717) is 5.52 Å². The molecule has 142 valence electrons. The first-order chi connectivity index (χ1) is 13.6. The third-order valence-corrected chi connectivity index (χ3v) is 5.00. The molecule has 1 amide bonds. The van der Waals surface area contributed by atoms with E-state index >= 15 is 0 Å². The second-order valence-electron chi connectivity index (χ2n) is 7.06. The van der Waals surface area contributed by atoms with E-state index in [1.165, 1.54) is 5.56 Å². The zero-order valence-corrected chi connectivity index (χ0v) is 15.7. The molecule has 0 fully saturated rings. The summed E-state index contributed by atoms with van der Waals surface area (Å²) in [5.74, 6) is -0.112. The standard InChI is InChI=1S/C22H22N4O2/c1-15(11-12-16-7-3-2-4-8-16)24-20(27)14-26-19-10-6-5-9-17(19)18-13-23-25-22(28)21(18)26/h2-10,13,15H,11-12,14H2,1H3,(H,24,27)(H,25,28). The molecule has 0 aliphatic heterocycles. The van der Waals surface area contributed by atoms with E-state index in [-0.39, 0.29) is 24.1 Å². The molecule has 2 heterocycles. The number of para-hydroxylation sites is 1. The van der Waals surface area contributed by atoms with Gasteiger partial charge in [-0.1, -0.05) is 48.5 Å². The predicted molar refractivity (Wildman–Crippen MR) is 110 cm³/mol. The van der Waals surface area contributed by atoms with Crippen LogP contribution < -0.4 is 10.9 Å². The number of fused-ring (bicyclic) bond motifs is 3. The van der Waals surface area contributed by atoms with Crippen molar-refractivity contribution in [3.63, 3.8) is 0 Å². The van der Waals surface area contributed by atoms with Crippen molar-refractivity contribution >= 4 is 27.7 Å². The van der Waals surface area contributed by atoms with Crippen molar-refractivity contribution in [3.8, 4) is 0 Å². The van der Waals surface area contributed by atoms with Crippen LogP contribution in [0.3, 0.4) is 0 Å². The van der Waals surface area contributed by atoms with Crippen molar-refractivity contribution in [2.75, 3.05) is 0 Å². The Labute approximate surface area is 162 Å². The van der Waals surface area contributed by atoms with Crippen molar-refractivity contribution in [1.29, 1.82) is 0 Å². The molecule has 1 unspecified atom stereocenters. The molecular formula is C22H22N4O2. The van der Waals surface area contributed by atoms with Gasteiger partial charge in [0.15, 0.2) is 0 Å². The van der Waals surface area contributed by atoms with Gasteiger partial charge in [-0.25, -0.2) is 5.10 Å². The summed E-state index contributed by atoms with van der Waals surface area (Å²) in [6.07, 6.45) is 3.40. The molecule has 1 atom stereocenters. The number of aryl methyl sites for hydroxylation is 1. The Morgan fingerprint density at radius 3 is 2.68 bits per heavy atom. The summed E-state index contributed by atoms with van der Waals surface area (Å²) in [5, 5.41) is 11.1. The first-order valence-corrected chi connectivity index (χ1v) is 9.41. The molecule has 2 aromatic carbocycles. The van der Waals surface area contributed by atoms with E-state index in [0.717, 1.165) is 29.1 Å². The van der Waals surface area contributed by atoms with Gasteiger partial charge in [0.1, 0.15) is 12.1 Å². The van der Waals surface area contributed by atoms with Gasteiger partial charge in [0, 0.05) is 22.3 Å². The number of amides is 1. The molecule has 0 aliphatic rings. The van der Waals surface area contributed by atoms with E-state index in [2.05, 4.69) is 27.6 Å². The number of carbonyl (C=O) groups excluding carboxylic acids is 1. The molecule has 6 nitrogen and oxygen atoms in total. The first kappa shape index (κ1) is 18.0. The highest BCUT2D eigenvalue weighted by atomic mass is 16.2. The Balaban J connectivity index is 1.52. The third kappa shape index (κ3) is 3.53. The Bertz CT molecular complexity index is 1180. The quantitative estimate of drug-likeness (QED) is 0.544. The van der Waals surface area contributed by atoms with Crippen LogP contribution in [0.15, 0.2) is 65.6 Å². The second-order valence-corrected chi connectivity index (χ2v) is 7.06. The summed E-state index contributed by atoms with van der Waals surface area (Å²) in [7, 11) is 0. The maximum absolute atomic E-state index is 12.7. The van der Waals surface area contributed by atoms with Crippen LogP contribution in [0.2, 0.25) is 0 Å². The number of benzene rings is 2. The minimum Gasteiger partial charge on any atom is -0.352 e. The van der Waals surface area contributed by atoms with Gasteiger partial charge in [0.05, 0.1) is 6.20 Å². The lowest BCUT2D eigenvalue weighted by molar-refractivity contribution is -0.122. The second kappa shape index (κ2) is 7.68. The fraction of sp³-hybridized carbons (Fsp3) is 0.227. The molecule has 0 bridgehead atoms. The van der Waals surface area contributed by atoms with Crippen molar-refractivity contribution in [2.24, 2.45) is 0 Å². The minimum absolute atomic E-state index is 0.0424. The lowest BCUT2D eigenvalue weighted by atomic mass is 10.1. The van der Waals surface area contributed by atoms with Crippen LogP contribution in [-0.4, -0.2) is 26.7 Å². The van der Waals surface area contributed by atoms with E-state index in [1.54, 1.807) is 10.8 Å². The van der Waals surface area contributed by atoms with Crippen molar-refractivity contribution in [3.05, 3.63) is 76.7 Å². The SMILES string of the molecule is CC(CCc1ccccc1)NC(=O)Cn1c2ccccc2c2cn[nH]c(=O)c21. The van der Waals surface area contributed by atoms with Gasteiger partial charge in [-0.3, -0.25) is 9.59 Å². The number of nitrogens with one attached hydrogen (secondary N) is 2. The molecule has 4 aromatic rings. The maximum atomic E-state index is 12.7. The lowest BCUT2D eigenvalue weighted by Crippen LogP contribution is -2.35. The summed E-state index contributed by atoms with van der Waals surface area (Å²) in [6, 6.07) is 17.9. The summed E-state index contributed by atoms with van der Waals surface area (Å²) in [6.45, 7) is 2.09. The highest BCUT2D eigenvalue weighted by Crippen LogP contribution is 2.25. The molecule has 6 heteroatoms. The Kier molecular flexibility index (Phi) is 4.93. The summed E-state index contributed by atoms with van der Waals surface area (Å²) < 4.78 is 1.77. The summed E-state index contributed by atoms with van der Waals surface area (Å²) >= 11 is 0. The van der Waals surface area contributed by atoms with E-state index in [4.69, 9.17) is 0 Å². The number of nitrogens with zero attached hydrogens (tertiary/aromatic N) is 2. The molecule has 4 rings (SSSR count). The molecule has 28 heavy (non-hydrogen) atoms. The normalized spacial score (nSPS) is 12.3. The molecule has 2 N–H and O–H groups in total. The Morgan fingerprint density at radius 2 is 1.86 bits per heavy atom. The fourth-order valence-electron chi connectivity index (χ4n) is 3.64. The summed E-state index contributed by atoms with van der Waals surface area (Å²) in [4.78, 5) is 25.0. The Morgan fingerprint density at radius 1 is 1.11 bits per heavy atom. The molecule has 0 radical (unpaired) electrons. The van der Waals surface area contributed by atoms with Crippen LogP contribution in [0.5, 0.6) is 0 Å². The van der Waals surface area contributed by atoms with Crippen LogP contribution in [0.4, 0.5) is 0 Å². The van der Waals surface area contributed by atoms with Crippen LogP contribution >= 0.6 is 0 Å². The molecule has 0 spiro atoms. The van der Waals surface area contributed by atoms with Crippen molar-refractivity contribution in [2.45, 2.75) is 32.4 Å². The lowest BCUT2D eigenvalue weighted by Gasteiger charge is -2.15. The highest BCUT2D eigenvalue weighted by molar-refractivity contribution is 6.07. The van der Waals surface area contributed by atoms with E-state index in [9.17, 15) is 9.59 Å². The van der Waals surface area contributed by atoms with Gasteiger partial charge in [-0.15, -0.1) is 0 Å². The van der Waals surface area contributed by atoms with Gasteiger partial charge in [0.25, 0.3) is 5.56 Å². The molecule has 0 aliphatic carbocycles. The third-order valence-electron chi connectivity index (χ3n) is 5.00. The highest BCUT2D eigenvalue weighted by Gasteiger charge is 2.16. The summed E-state index contributed by atoms with van der Waals surface area (Å²) in [5.41, 5.74) is 2.29. The average Bonchev–Trinajstić information content (AvgIpc) is 3.02. The number of rotatable bonds is 6. The molecule has 0 saturated carbocycles. The zero-order valence-electron chi connectivity index (χ0n) is 15.7. The largest absolute Gasteiger partial charge is 0.352 e. The molecule has 2 aromatic heterocycles.